The van der Waals surface area contributed by atoms with Crippen LogP contribution in [0.25, 0.3) is 0 Å². The molecule has 1 aromatic rings. The molecule has 0 aromatic heterocycles. The van der Waals surface area contributed by atoms with E-state index < -0.39 is 0 Å². The highest BCUT2D eigenvalue weighted by Gasteiger charge is 2.16. The zero-order valence-electron chi connectivity index (χ0n) is 10.9. The van der Waals surface area contributed by atoms with Crippen molar-refractivity contribution < 1.29 is 10.3 Å². The average molecular weight is 326 g/mol. The van der Waals surface area contributed by atoms with Crippen LogP contribution in [0.3, 0.4) is 0 Å². The Labute approximate surface area is 122 Å². The molecule has 4 heteroatoms. The second kappa shape index (κ2) is 8.88. The Hall–Kier alpha value is -1.13. The van der Waals surface area contributed by atoms with Crippen LogP contribution in [-0.2, 0) is 6.42 Å². The van der Waals surface area contributed by atoms with Gasteiger partial charge in [-0.05, 0) is 36.8 Å². The van der Waals surface area contributed by atoms with E-state index in [1.54, 1.807) is 0 Å². The zero-order valence-corrected chi connectivity index (χ0v) is 12.5. The molecule has 0 amide bonds. The number of halogens is 1. The summed E-state index contributed by atoms with van der Waals surface area (Å²) in [6.45, 7) is 3.84. The van der Waals surface area contributed by atoms with E-state index in [4.69, 9.17) is 10.3 Å². The van der Waals surface area contributed by atoms with Gasteiger partial charge in [-0.3, -0.25) is 0 Å². The molecule has 3 nitrogen and oxygen atoms in total. The number of oxime groups is 1. The van der Waals surface area contributed by atoms with Gasteiger partial charge >= 0.3 is 0 Å². The molecule has 0 fully saturated rings. The van der Waals surface area contributed by atoms with Gasteiger partial charge in [0.2, 0.25) is 0 Å². The van der Waals surface area contributed by atoms with Gasteiger partial charge in [-0.2, -0.15) is 0 Å². The van der Waals surface area contributed by atoms with E-state index in [0.717, 1.165) is 19.3 Å². The van der Waals surface area contributed by atoms with Gasteiger partial charge in [0, 0.05) is 6.61 Å². The number of rotatable bonds is 8. The lowest BCUT2D eigenvalue weighted by atomic mass is 10.0. The summed E-state index contributed by atoms with van der Waals surface area (Å²) in [5.41, 5.74) is 2.51. The molecule has 0 aliphatic heterocycles. The fourth-order valence-corrected chi connectivity index (χ4v) is 2.62. The molecule has 0 saturated heterocycles. The van der Waals surface area contributed by atoms with Gasteiger partial charge in [0.25, 0.3) is 0 Å². The molecule has 0 spiro atoms. The highest BCUT2D eigenvalue weighted by atomic mass is 79.9. The molecule has 0 aliphatic carbocycles. The molecule has 104 valence electrons. The van der Waals surface area contributed by atoms with E-state index in [0.29, 0.717) is 17.7 Å². The molecule has 1 unspecified atom stereocenters. The van der Waals surface area contributed by atoms with Crippen LogP contribution in [0.2, 0.25) is 0 Å². The van der Waals surface area contributed by atoms with Crippen LogP contribution in [0.5, 0.6) is 0 Å². The average Bonchev–Trinajstić information content (AvgIpc) is 2.41. The lowest BCUT2D eigenvalue weighted by Crippen LogP contribution is -2.17. The number of nitrogens with zero attached hydrogens (tertiary/aromatic N) is 1. The summed E-state index contributed by atoms with van der Waals surface area (Å²) < 4.78 is 0. The van der Waals surface area contributed by atoms with Crippen molar-refractivity contribution in [3.05, 3.63) is 48.0 Å². The summed E-state index contributed by atoms with van der Waals surface area (Å²) in [6, 6.07) is 10.3. The normalized spacial score (nSPS) is 13.3. The maximum absolute atomic E-state index is 9.03. The minimum Gasteiger partial charge on any atom is -0.411 e. The third-order valence-electron chi connectivity index (χ3n) is 2.95. The van der Waals surface area contributed by atoms with Gasteiger partial charge in [-0.1, -0.05) is 58.0 Å². The smallest absolute Gasteiger partial charge is 0.0958 e. The molecule has 1 rings (SSSR count). The minimum absolute atomic E-state index is 0.0155. The van der Waals surface area contributed by atoms with Gasteiger partial charge in [0.15, 0.2) is 0 Å². The SMILES string of the molecule is C=C(CCO)/C(=N\O)C(Br)CCCc1ccccc1. The van der Waals surface area contributed by atoms with E-state index in [2.05, 4.69) is 39.8 Å². The Balaban J connectivity index is 2.41. The Bertz CT molecular complexity index is 417. The van der Waals surface area contributed by atoms with Gasteiger partial charge < -0.3 is 10.3 Å². The van der Waals surface area contributed by atoms with Crippen LogP contribution in [-0.4, -0.2) is 27.5 Å². The predicted octanol–water partition coefficient (Wildman–Crippen LogP) is 3.54. The summed E-state index contributed by atoms with van der Waals surface area (Å²) in [7, 11) is 0. The largest absolute Gasteiger partial charge is 0.411 e. The number of benzene rings is 1. The number of aliphatic hydroxyl groups is 1. The molecule has 0 bridgehead atoms. The van der Waals surface area contributed by atoms with E-state index >= 15 is 0 Å². The second-order valence-electron chi connectivity index (χ2n) is 4.41. The summed E-state index contributed by atoms with van der Waals surface area (Å²) in [4.78, 5) is -0.0275. The lowest BCUT2D eigenvalue weighted by molar-refractivity contribution is 0.299. The molecule has 0 saturated carbocycles. The fraction of sp³-hybridized carbons (Fsp3) is 0.400. The van der Waals surface area contributed by atoms with Crippen molar-refractivity contribution in [2.75, 3.05) is 6.61 Å². The first-order valence-corrected chi connectivity index (χ1v) is 7.29. The minimum atomic E-state index is -0.0275. The molecule has 1 atom stereocenters. The standard InChI is InChI=1S/C15H20BrNO2/c1-12(10-11-18)15(17-19)14(16)9-5-8-13-6-3-2-4-7-13/h2-4,6-7,14,18-19H,1,5,8-11H2/b17-15+. The van der Waals surface area contributed by atoms with E-state index in [-0.39, 0.29) is 11.4 Å². The molecule has 0 radical (unpaired) electrons. The topological polar surface area (TPSA) is 52.8 Å². The Morgan fingerprint density at radius 2 is 2.00 bits per heavy atom. The quantitative estimate of drug-likeness (QED) is 0.332. The van der Waals surface area contributed by atoms with Crippen molar-refractivity contribution in [1.82, 2.24) is 0 Å². The number of aliphatic hydroxyl groups excluding tert-OH is 1. The lowest BCUT2D eigenvalue weighted by Gasteiger charge is -2.13. The van der Waals surface area contributed by atoms with E-state index in [1.165, 1.54) is 5.56 Å². The first-order chi connectivity index (χ1) is 9.19. The first-order valence-electron chi connectivity index (χ1n) is 6.38. The van der Waals surface area contributed by atoms with Gasteiger partial charge in [0.05, 0.1) is 10.5 Å². The molecular formula is C15H20BrNO2. The first kappa shape index (κ1) is 15.9. The van der Waals surface area contributed by atoms with Crippen molar-refractivity contribution in [2.45, 2.75) is 30.5 Å². The Morgan fingerprint density at radius 3 is 2.58 bits per heavy atom. The highest BCUT2D eigenvalue weighted by Crippen LogP contribution is 2.18. The van der Waals surface area contributed by atoms with Crippen molar-refractivity contribution in [3.8, 4) is 0 Å². The van der Waals surface area contributed by atoms with Crippen molar-refractivity contribution in [2.24, 2.45) is 5.16 Å². The Kier molecular flexibility index (Phi) is 7.45. The maximum Gasteiger partial charge on any atom is 0.0958 e. The Morgan fingerprint density at radius 1 is 1.32 bits per heavy atom. The zero-order chi connectivity index (χ0) is 14.1. The third kappa shape index (κ3) is 5.57. The van der Waals surface area contributed by atoms with E-state index in [1.807, 2.05) is 18.2 Å². The summed E-state index contributed by atoms with van der Waals surface area (Å²) in [5.74, 6) is 0. The fourth-order valence-electron chi connectivity index (χ4n) is 1.88. The van der Waals surface area contributed by atoms with Crippen molar-refractivity contribution in [3.63, 3.8) is 0 Å². The van der Waals surface area contributed by atoms with E-state index in [9.17, 15) is 0 Å². The van der Waals surface area contributed by atoms with Crippen LogP contribution in [0.4, 0.5) is 0 Å². The summed E-state index contributed by atoms with van der Waals surface area (Å²) in [6.07, 6.45) is 3.28. The van der Waals surface area contributed by atoms with Crippen LogP contribution in [0, 0.1) is 0 Å². The second-order valence-corrected chi connectivity index (χ2v) is 5.51. The van der Waals surface area contributed by atoms with Crippen molar-refractivity contribution >= 4 is 21.6 Å². The van der Waals surface area contributed by atoms with Gasteiger partial charge in [-0.15, -0.1) is 0 Å². The number of hydrogen-bond acceptors (Lipinski definition) is 3. The highest BCUT2D eigenvalue weighted by molar-refractivity contribution is 9.10. The van der Waals surface area contributed by atoms with Crippen LogP contribution < -0.4 is 0 Å². The van der Waals surface area contributed by atoms with Gasteiger partial charge in [0.1, 0.15) is 0 Å². The van der Waals surface area contributed by atoms with Crippen LogP contribution in [0.15, 0.2) is 47.6 Å². The number of aryl methyl sites for hydroxylation is 1. The summed E-state index contributed by atoms with van der Waals surface area (Å²) in [5, 5.41) is 21.2. The third-order valence-corrected chi connectivity index (χ3v) is 3.84. The molecular weight excluding hydrogens is 306 g/mol. The van der Waals surface area contributed by atoms with Crippen LogP contribution in [0.1, 0.15) is 24.8 Å². The maximum atomic E-state index is 9.03. The molecule has 0 heterocycles. The van der Waals surface area contributed by atoms with Gasteiger partial charge in [-0.25, -0.2) is 0 Å². The number of hydrogen-bond donors (Lipinski definition) is 2. The molecule has 19 heavy (non-hydrogen) atoms. The monoisotopic (exact) mass is 325 g/mol. The predicted molar refractivity (Wildman–Crippen MR) is 82.2 cm³/mol. The van der Waals surface area contributed by atoms with Crippen molar-refractivity contribution in [1.29, 1.82) is 0 Å². The molecule has 2 N–H and O–H groups in total. The van der Waals surface area contributed by atoms with Crippen LogP contribution >= 0.6 is 15.9 Å². The summed E-state index contributed by atoms with van der Waals surface area (Å²) >= 11 is 3.52. The number of alkyl halides is 1. The molecule has 0 aliphatic rings. The molecule has 1 aromatic carbocycles.